The van der Waals surface area contributed by atoms with E-state index in [0.717, 1.165) is 35.3 Å². The Hall–Kier alpha value is -2.70. The van der Waals surface area contributed by atoms with Crippen molar-refractivity contribution in [3.05, 3.63) is 29.3 Å². The minimum Gasteiger partial charge on any atom is -0.307 e. The predicted octanol–water partition coefficient (Wildman–Crippen LogP) is 2.66. The smallest absolute Gasteiger partial charge is 0.307 e. The first-order valence-corrected chi connectivity index (χ1v) is 9.34. The van der Waals surface area contributed by atoms with Crippen LogP contribution in [0.3, 0.4) is 0 Å². The van der Waals surface area contributed by atoms with Gasteiger partial charge in [0, 0.05) is 12.1 Å². The fraction of sp³-hybridized carbons (Fsp3) is 0.500. The van der Waals surface area contributed by atoms with Crippen LogP contribution in [0.25, 0.3) is 0 Å². The lowest BCUT2D eigenvalue weighted by molar-refractivity contribution is -0.145. The van der Waals surface area contributed by atoms with E-state index in [0.29, 0.717) is 18.5 Å². The Morgan fingerprint density at radius 2 is 1.81 bits per heavy atom. The van der Waals surface area contributed by atoms with Gasteiger partial charge in [0.2, 0.25) is 17.7 Å². The number of hydrogen-bond donors (Lipinski definition) is 2. The Bertz CT molecular complexity index is 796. The van der Waals surface area contributed by atoms with E-state index in [-0.39, 0.29) is 18.2 Å². The van der Waals surface area contributed by atoms with Crippen LogP contribution in [0.2, 0.25) is 0 Å². The fourth-order valence-electron chi connectivity index (χ4n) is 4.06. The first-order chi connectivity index (χ1) is 12.8. The van der Waals surface area contributed by atoms with Gasteiger partial charge in [0.05, 0.1) is 5.41 Å². The van der Waals surface area contributed by atoms with Crippen LogP contribution < -0.4 is 10.6 Å². The van der Waals surface area contributed by atoms with E-state index in [4.69, 9.17) is 0 Å². The Kier molecular flexibility index (Phi) is 5.30. The fourth-order valence-corrected chi connectivity index (χ4v) is 4.06. The molecule has 0 atom stereocenters. The van der Waals surface area contributed by atoms with E-state index >= 15 is 0 Å². The van der Waals surface area contributed by atoms with E-state index in [1.54, 1.807) is 6.07 Å². The van der Waals surface area contributed by atoms with E-state index in [2.05, 4.69) is 10.6 Å². The summed E-state index contributed by atoms with van der Waals surface area (Å²) in [6.45, 7) is 3.39. The average molecular weight is 371 g/mol. The Balaban J connectivity index is 1.58. The molecule has 1 aliphatic carbocycles. The number of nitrogens with zero attached hydrogens (tertiary/aromatic N) is 1. The Morgan fingerprint density at radius 3 is 2.48 bits per heavy atom. The molecule has 1 saturated heterocycles. The molecule has 0 aromatic heterocycles. The molecule has 0 radical (unpaired) electrons. The van der Waals surface area contributed by atoms with Crippen molar-refractivity contribution in [2.24, 2.45) is 5.41 Å². The second-order valence-corrected chi connectivity index (χ2v) is 7.62. The van der Waals surface area contributed by atoms with Gasteiger partial charge in [-0.3, -0.25) is 24.6 Å². The lowest BCUT2D eigenvalue weighted by Crippen LogP contribution is -2.45. The van der Waals surface area contributed by atoms with Crippen molar-refractivity contribution < 1.29 is 19.2 Å². The number of imide groups is 2. The van der Waals surface area contributed by atoms with Gasteiger partial charge in [-0.25, -0.2) is 4.79 Å². The van der Waals surface area contributed by atoms with Crippen LogP contribution in [0.5, 0.6) is 0 Å². The first kappa shape index (κ1) is 19.1. The number of rotatable bonds is 3. The quantitative estimate of drug-likeness (QED) is 0.799. The van der Waals surface area contributed by atoms with Crippen molar-refractivity contribution in [2.75, 3.05) is 11.9 Å². The molecule has 2 fully saturated rings. The van der Waals surface area contributed by atoms with Crippen LogP contribution in [0.4, 0.5) is 10.5 Å². The molecule has 0 unspecified atom stereocenters. The number of carbonyl (C=O) groups excluding carboxylic acids is 4. The molecular formula is C20H25N3O4. The van der Waals surface area contributed by atoms with Crippen LogP contribution >= 0.6 is 0 Å². The molecular weight excluding hydrogens is 346 g/mol. The highest BCUT2D eigenvalue weighted by Crippen LogP contribution is 2.45. The van der Waals surface area contributed by atoms with Crippen LogP contribution in [-0.2, 0) is 14.4 Å². The number of likely N-dealkylation sites (tertiary alicyclic amines) is 1. The maximum atomic E-state index is 12.7. The highest BCUT2D eigenvalue weighted by molar-refractivity contribution is 6.10. The second-order valence-electron chi connectivity index (χ2n) is 7.62. The van der Waals surface area contributed by atoms with Crippen LogP contribution in [0, 0.1) is 19.3 Å². The molecule has 5 amide bonds. The summed E-state index contributed by atoms with van der Waals surface area (Å²) in [7, 11) is 0. The number of aryl methyl sites for hydroxylation is 2. The Morgan fingerprint density at radius 1 is 1.11 bits per heavy atom. The van der Waals surface area contributed by atoms with Crippen molar-refractivity contribution in [2.45, 2.75) is 52.4 Å². The summed E-state index contributed by atoms with van der Waals surface area (Å²) >= 11 is 0. The number of anilines is 1. The zero-order chi connectivity index (χ0) is 19.6. The van der Waals surface area contributed by atoms with Gasteiger partial charge in [0.15, 0.2) is 0 Å². The SMILES string of the molecule is Cc1ccc(NC(=O)NC(=O)CN2C(=O)CC3(CCCCC3)C2=O)c(C)c1. The summed E-state index contributed by atoms with van der Waals surface area (Å²) < 4.78 is 0. The van der Waals surface area contributed by atoms with Crippen molar-refractivity contribution in [1.29, 1.82) is 0 Å². The normalized spacial score (nSPS) is 18.7. The highest BCUT2D eigenvalue weighted by atomic mass is 16.2. The Labute approximate surface area is 158 Å². The molecule has 2 N–H and O–H groups in total. The van der Waals surface area contributed by atoms with Gasteiger partial charge in [0.25, 0.3) is 0 Å². The van der Waals surface area contributed by atoms with E-state index in [1.165, 1.54) is 0 Å². The molecule has 1 aromatic carbocycles. The van der Waals surface area contributed by atoms with Gasteiger partial charge in [-0.1, -0.05) is 37.0 Å². The minimum atomic E-state index is -0.682. The van der Waals surface area contributed by atoms with Crippen LogP contribution in [0.1, 0.15) is 49.7 Å². The lowest BCUT2D eigenvalue weighted by atomic mass is 9.73. The van der Waals surface area contributed by atoms with E-state index in [9.17, 15) is 19.2 Å². The van der Waals surface area contributed by atoms with Gasteiger partial charge >= 0.3 is 6.03 Å². The molecule has 1 spiro atoms. The summed E-state index contributed by atoms with van der Waals surface area (Å²) in [5, 5.41) is 4.81. The number of hydrogen-bond acceptors (Lipinski definition) is 4. The molecule has 3 rings (SSSR count). The average Bonchev–Trinajstić information content (AvgIpc) is 2.82. The summed E-state index contributed by atoms with van der Waals surface area (Å²) in [4.78, 5) is 50.2. The van der Waals surface area contributed by atoms with Crippen molar-refractivity contribution in [3.8, 4) is 0 Å². The van der Waals surface area contributed by atoms with E-state index < -0.39 is 23.9 Å². The standard InChI is InChI=1S/C20H25N3O4/c1-13-6-7-15(14(2)10-13)21-19(27)22-16(24)12-23-17(25)11-20(18(23)26)8-4-3-5-9-20/h6-7,10H,3-5,8-9,11-12H2,1-2H3,(H2,21,22,24,27). The molecule has 27 heavy (non-hydrogen) atoms. The largest absolute Gasteiger partial charge is 0.325 e. The highest BCUT2D eigenvalue weighted by Gasteiger charge is 2.51. The molecule has 144 valence electrons. The van der Waals surface area contributed by atoms with Gasteiger partial charge in [-0.05, 0) is 38.3 Å². The zero-order valence-corrected chi connectivity index (χ0v) is 15.8. The molecule has 7 nitrogen and oxygen atoms in total. The molecule has 0 bridgehead atoms. The monoisotopic (exact) mass is 371 g/mol. The van der Waals surface area contributed by atoms with Crippen molar-refractivity contribution in [1.82, 2.24) is 10.2 Å². The summed E-state index contributed by atoms with van der Waals surface area (Å²) in [6, 6.07) is 4.85. The van der Waals surface area contributed by atoms with Gasteiger partial charge in [-0.15, -0.1) is 0 Å². The third-order valence-electron chi connectivity index (χ3n) is 5.48. The first-order valence-electron chi connectivity index (χ1n) is 9.34. The summed E-state index contributed by atoms with van der Waals surface area (Å²) in [5.74, 6) is -1.27. The maximum absolute atomic E-state index is 12.7. The molecule has 1 aromatic rings. The number of carbonyl (C=O) groups is 4. The second kappa shape index (κ2) is 7.50. The molecule has 2 aliphatic rings. The molecule has 1 saturated carbocycles. The van der Waals surface area contributed by atoms with Crippen LogP contribution in [-0.4, -0.2) is 35.2 Å². The third-order valence-corrected chi connectivity index (χ3v) is 5.48. The zero-order valence-electron chi connectivity index (χ0n) is 15.8. The summed E-state index contributed by atoms with van der Waals surface area (Å²) in [5.41, 5.74) is 1.91. The van der Waals surface area contributed by atoms with Crippen molar-refractivity contribution >= 4 is 29.4 Å². The maximum Gasteiger partial charge on any atom is 0.325 e. The topological polar surface area (TPSA) is 95.6 Å². The molecule has 7 heteroatoms. The van der Waals surface area contributed by atoms with Gasteiger partial charge in [-0.2, -0.15) is 0 Å². The molecule has 1 heterocycles. The predicted molar refractivity (Wildman–Crippen MR) is 99.9 cm³/mol. The third kappa shape index (κ3) is 4.02. The number of urea groups is 1. The van der Waals surface area contributed by atoms with Crippen LogP contribution in [0.15, 0.2) is 18.2 Å². The van der Waals surface area contributed by atoms with Crippen molar-refractivity contribution in [3.63, 3.8) is 0 Å². The lowest BCUT2D eigenvalue weighted by Gasteiger charge is -2.30. The number of benzene rings is 1. The van der Waals surface area contributed by atoms with E-state index in [1.807, 2.05) is 26.0 Å². The van der Waals surface area contributed by atoms with Gasteiger partial charge in [0.1, 0.15) is 6.54 Å². The van der Waals surface area contributed by atoms with Gasteiger partial charge < -0.3 is 5.32 Å². The minimum absolute atomic E-state index is 0.174. The molecule has 1 aliphatic heterocycles. The summed E-state index contributed by atoms with van der Waals surface area (Å²) in [6.07, 6.45) is 4.50. The number of nitrogens with one attached hydrogen (secondary N) is 2. The number of amides is 5.